The predicted molar refractivity (Wildman–Crippen MR) is 82.6 cm³/mol. The molecule has 0 fully saturated rings. The highest BCUT2D eigenvalue weighted by atomic mass is 16.5. The third-order valence-electron chi connectivity index (χ3n) is 3.29. The normalized spacial score (nSPS) is 13.6. The van der Waals surface area contributed by atoms with Crippen LogP contribution in [0.1, 0.15) is 19.4 Å². The van der Waals surface area contributed by atoms with E-state index in [-0.39, 0.29) is 31.6 Å². The average molecular weight is 323 g/mol. The van der Waals surface area contributed by atoms with E-state index in [1.807, 2.05) is 13.8 Å². The Morgan fingerprint density at radius 3 is 2.78 bits per heavy atom. The number of esters is 1. The van der Waals surface area contributed by atoms with Crippen molar-refractivity contribution >= 4 is 17.6 Å². The summed E-state index contributed by atoms with van der Waals surface area (Å²) in [4.78, 5) is 25.4. The molecule has 0 radical (unpaired) electrons. The van der Waals surface area contributed by atoms with E-state index in [1.54, 1.807) is 12.1 Å². The number of amides is 1. The molecule has 0 aromatic heterocycles. The fraction of sp³-hybridized carbons (Fsp3) is 0.500. The van der Waals surface area contributed by atoms with Crippen LogP contribution in [-0.2, 0) is 20.9 Å². The van der Waals surface area contributed by atoms with E-state index in [0.717, 1.165) is 0 Å². The first-order valence-corrected chi connectivity index (χ1v) is 7.36. The Morgan fingerprint density at radius 1 is 1.43 bits per heavy atom. The van der Waals surface area contributed by atoms with Gasteiger partial charge in [-0.1, -0.05) is 13.8 Å². The molecular weight excluding hydrogens is 302 g/mol. The number of carbonyl (C=O) groups is 2. The molecule has 1 aromatic carbocycles. The summed E-state index contributed by atoms with van der Waals surface area (Å²) in [7, 11) is 1.47. The Bertz CT molecular complexity index is 598. The topological polar surface area (TPSA) is 85.3 Å². The van der Waals surface area contributed by atoms with Gasteiger partial charge >= 0.3 is 5.97 Å². The number of ether oxygens (including phenoxy) is 3. The van der Waals surface area contributed by atoms with Crippen molar-refractivity contribution in [2.45, 2.75) is 20.5 Å². The van der Waals surface area contributed by atoms with Crippen LogP contribution in [0.4, 0.5) is 5.69 Å². The highest BCUT2D eigenvalue weighted by Gasteiger charge is 2.30. The molecule has 0 atom stereocenters. The van der Waals surface area contributed by atoms with Crippen molar-refractivity contribution in [3.8, 4) is 11.5 Å². The van der Waals surface area contributed by atoms with Crippen LogP contribution in [0.15, 0.2) is 12.1 Å². The fourth-order valence-electron chi connectivity index (χ4n) is 2.19. The second-order valence-electron chi connectivity index (χ2n) is 5.65. The first kappa shape index (κ1) is 17.1. The van der Waals surface area contributed by atoms with Crippen molar-refractivity contribution < 1.29 is 28.9 Å². The van der Waals surface area contributed by atoms with Gasteiger partial charge in [-0.3, -0.25) is 14.5 Å². The lowest BCUT2D eigenvalue weighted by atomic mass is 10.1. The number of carbonyl (C=O) groups excluding carboxylic acids is 2. The van der Waals surface area contributed by atoms with Gasteiger partial charge in [0.05, 0.1) is 26.0 Å². The van der Waals surface area contributed by atoms with Crippen LogP contribution in [0.2, 0.25) is 0 Å². The molecule has 1 aliphatic rings. The molecule has 126 valence electrons. The van der Waals surface area contributed by atoms with E-state index in [4.69, 9.17) is 14.2 Å². The number of fused-ring (bicyclic) bond motifs is 1. The molecule has 7 heteroatoms. The van der Waals surface area contributed by atoms with Crippen LogP contribution in [0.3, 0.4) is 0 Å². The summed E-state index contributed by atoms with van der Waals surface area (Å²) in [5, 5.41) is 9.35. The lowest BCUT2D eigenvalue weighted by Crippen LogP contribution is -2.42. The second kappa shape index (κ2) is 7.32. The van der Waals surface area contributed by atoms with Crippen LogP contribution >= 0.6 is 0 Å². The average Bonchev–Trinajstić information content (AvgIpc) is 2.54. The van der Waals surface area contributed by atoms with Gasteiger partial charge in [-0.15, -0.1) is 0 Å². The molecule has 0 aliphatic carbocycles. The minimum absolute atomic E-state index is 0.181. The quantitative estimate of drug-likeness (QED) is 0.790. The number of nitrogens with zero attached hydrogens (tertiary/aromatic N) is 1. The highest BCUT2D eigenvalue weighted by molar-refractivity contribution is 6.02. The van der Waals surface area contributed by atoms with Crippen LogP contribution in [-0.4, -0.2) is 43.9 Å². The monoisotopic (exact) mass is 323 g/mol. The zero-order valence-electron chi connectivity index (χ0n) is 13.5. The second-order valence-corrected chi connectivity index (χ2v) is 5.65. The molecule has 1 heterocycles. The first-order valence-electron chi connectivity index (χ1n) is 7.36. The Balaban J connectivity index is 2.28. The third kappa shape index (κ3) is 3.92. The zero-order valence-corrected chi connectivity index (χ0v) is 13.5. The summed E-state index contributed by atoms with van der Waals surface area (Å²) in [6.07, 6.45) is 0. The van der Waals surface area contributed by atoms with Crippen LogP contribution in [0.5, 0.6) is 11.5 Å². The Kier molecular flexibility index (Phi) is 5.44. The van der Waals surface area contributed by atoms with E-state index in [9.17, 15) is 14.7 Å². The largest absolute Gasteiger partial charge is 0.493 e. The SMILES string of the molecule is COc1cc(CO)cc2c1OCC(=O)N2CC(=O)OCC(C)C. The minimum atomic E-state index is -0.492. The lowest BCUT2D eigenvalue weighted by molar-refractivity contribution is -0.144. The Hall–Kier alpha value is -2.28. The summed E-state index contributed by atoms with van der Waals surface area (Å²) in [5.41, 5.74) is 0.950. The number of benzene rings is 1. The van der Waals surface area contributed by atoms with Crippen molar-refractivity contribution in [3.63, 3.8) is 0 Å². The molecule has 1 aromatic rings. The van der Waals surface area contributed by atoms with E-state index >= 15 is 0 Å². The van der Waals surface area contributed by atoms with Crippen LogP contribution < -0.4 is 14.4 Å². The molecule has 1 N–H and O–H groups in total. The smallest absolute Gasteiger partial charge is 0.326 e. The highest BCUT2D eigenvalue weighted by Crippen LogP contribution is 2.41. The van der Waals surface area contributed by atoms with Crippen molar-refractivity contribution in [2.75, 3.05) is 31.8 Å². The van der Waals surface area contributed by atoms with Gasteiger partial charge in [0.2, 0.25) is 0 Å². The number of methoxy groups -OCH3 is 1. The molecule has 23 heavy (non-hydrogen) atoms. The molecular formula is C16H21NO6. The molecule has 0 saturated carbocycles. The third-order valence-corrected chi connectivity index (χ3v) is 3.29. The van der Waals surface area contributed by atoms with E-state index < -0.39 is 5.97 Å². The van der Waals surface area contributed by atoms with Gasteiger partial charge in [0.15, 0.2) is 18.1 Å². The Morgan fingerprint density at radius 2 is 2.17 bits per heavy atom. The van der Waals surface area contributed by atoms with Crippen molar-refractivity contribution in [3.05, 3.63) is 17.7 Å². The van der Waals surface area contributed by atoms with Crippen molar-refractivity contribution in [1.29, 1.82) is 0 Å². The maximum absolute atomic E-state index is 12.1. The molecule has 1 aliphatic heterocycles. The van der Waals surface area contributed by atoms with Crippen molar-refractivity contribution in [2.24, 2.45) is 5.92 Å². The number of aliphatic hydroxyl groups excluding tert-OH is 1. The number of hydrogen-bond donors (Lipinski definition) is 1. The maximum atomic E-state index is 12.1. The van der Waals surface area contributed by atoms with Gasteiger partial charge in [0.25, 0.3) is 5.91 Å². The molecule has 0 unspecified atom stereocenters. The van der Waals surface area contributed by atoms with E-state index in [1.165, 1.54) is 12.0 Å². The predicted octanol–water partition coefficient (Wildman–Crippen LogP) is 1.11. The summed E-state index contributed by atoms with van der Waals surface area (Å²) < 4.78 is 15.8. The molecule has 2 rings (SSSR count). The summed E-state index contributed by atoms with van der Waals surface area (Å²) >= 11 is 0. The van der Waals surface area contributed by atoms with Gasteiger partial charge < -0.3 is 19.3 Å². The Labute approximate surface area is 134 Å². The lowest BCUT2D eigenvalue weighted by Gasteiger charge is -2.30. The van der Waals surface area contributed by atoms with Gasteiger partial charge in [0, 0.05) is 0 Å². The maximum Gasteiger partial charge on any atom is 0.326 e. The van der Waals surface area contributed by atoms with Crippen LogP contribution in [0.25, 0.3) is 0 Å². The number of aliphatic hydroxyl groups is 1. The zero-order chi connectivity index (χ0) is 17.0. The summed E-state index contributed by atoms with van der Waals surface area (Å²) in [6.45, 7) is 3.55. The van der Waals surface area contributed by atoms with Gasteiger partial charge in [-0.2, -0.15) is 0 Å². The number of hydrogen-bond acceptors (Lipinski definition) is 6. The summed E-state index contributed by atoms with van der Waals surface area (Å²) in [5.74, 6) is 0.151. The van der Waals surface area contributed by atoms with Gasteiger partial charge in [-0.25, -0.2) is 0 Å². The van der Waals surface area contributed by atoms with E-state index in [2.05, 4.69) is 0 Å². The number of anilines is 1. The van der Waals surface area contributed by atoms with Gasteiger partial charge in [0.1, 0.15) is 6.54 Å². The van der Waals surface area contributed by atoms with Crippen molar-refractivity contribution in [1.82, 2.24) is 0 Å². The fourth-order valence-corrected chi connectivity index (χ4v) is 2.19. The first-order chi connectivity index (χ1) is 11.0. The molecule has 0 bridgehead atoms. The van der Waals surface area contributed by atoms with Crippen LogP contribution in [0, 0.1) is 5.92 Å². The molecule has 0 spiro atoms. The molecule has 7 nitrogen and oxygen atoms in total. The summed E-state index contributed by atoms with van der Waals surface area (Å²) in [6, 6.07) is 3.23. The van der Waals surface area contributed by atoms with Gasteiger partial charge in [-0.05, 0) is 23.6 Å². The number of rotatable bonds is 6. The van der Waals surface area contributed by atoms with E-state index in [0.29, 0.717) is 29.4 Å². The molecule has 0 saturated heterocycles. The minimum Gasteiger partial charge on any atom is -0.493 e. The standard InChI is InChI=1S/C16H21NO6/c1-10(2)8-22-15(20)6-17-12-4-11(7-18)5-13(21-3)16(12)23-9-14(17)19/h4-5,10,18H,6-9H2,1-3H3. The molecule has 1 amide bonds.